The minimum Gasteiger partial charge on any atom is -0.492 e. The third-order valence-electron chi connectivity index (χ3n) is 4.18. The highest BCUT2D eigenvalue weighted by atomic mass is 16.5. The fourth-order valence-corrected chi connectivity index (χ4v) is 2.48. The van der Waals surface area contributed by atoms with Gasteiger partial charge in [0.05, 0.1) is 0 Å². The lowest BCUT2D eigenvalue weighted by atomic mass is 9.92. The molecule has 2 heteroatoms. The highest BCUT2D eigenvalue weighted by molar-refractivity contribution is 5.37. The molecule has 1 aliphatic rings. The SMILES string of the molecule is CCC(C)(C)NCCOc1ccc2c(c1)CCCC2. The third-order valence-corrected chi connectivity index (χ3v) is 4.18. The number of rotatable bonds is 6. The van der Waals surface area contributed by atoms with Crippen LogP contribution in [0.3, 0.4) is 0 Å². The Bertz CT molecular complexity index is 412. The van der Waals surface area contributed by atoms with Gasteiger partial charge >= 0.3 is 0 Å². The van der Waals surface area contributed by atoms with Crippen LogP contribution in [0, 0.1) is 0 Å². The van der Waals surface area contributed by atoms with Gasteiger partial charge in [-0.1, -0.05) is 13.0 Å². The lowest BCUT2D eigenvalue weighted by Crippen LogP contribution is -2.40. The normalized spacial score (nSPS) is 15.1. The van der Waals surface area contributed by atoms with Crippen molar-refractivity contribution < 1.29 is 4.74 Å². The minimum atomic E-state index is 0.208. The summed E-state index contributed by atoms with van der Waals surface area (Å²) in [6.07, 6.45) is 6.24. The molecule has 106 valence electrons. The van der Waals surface area contributed by atoms with E-state index in [1.165, 1.54) is 36.8 Å². The smallest absolute Gasteiger partial charge is 0.119 e. The monoisotopic (exact) mass is 261 g/mol. The van der Waals surface area contributed by atoms with Crippen molar-refractivity contribution in [3.8, 4) is 5.75 Å². The van der Waals surface area contributed by atoms with Crippen molar-refractivity contribution in [1.29, 1.82) is 0 Å². The van der Waals surface area contributed by atoms with Gasteiger partial charge in [0.25, 0.3) is 0 Å². The molecule has 0 aliphatic heterocycles. The van der Waals surface area contributed by atoms with Crippen molar-refractivity contribution in [1.82, 2.24) is 5.32 Å². The van der Waals surface area contributed by atoms with Crippen LogP contribution in [-0.4, -0.2) is 18.7 Å². The van der Waals surface area contributed by atoms with Crippen LogP contribution in [0.1, 0.15) is 51.2 Å². The zero-order chi connectivity index (χ0) is 13.7. The van der Waals surface area contributed by atoms with Crippen LogP contribution in [-0.2, 0) is 12.8 Å². The highest BCUT2D eigenvalue weighted by Crippen LogP contribution is 2.25. The molecular formula is C17H27NO. The van der Waals surface area contributed by atoms with E-state index in [0.717, 1.165) is 25.3 Å². The van der Waals surface area contributed by atoms with Crippen LogP contribution in [0.4, 0.5) is 0 Å². The Morgan fingerprint density at radius 2 is 1.89 bits per heavy atom. The van der Waals surface area contributed by atoms with Crippen molar-refractivity contribution in [3.05, 3.63) is 29.3 Å². The molecular weight excluding hydrogens is 234 g/mol. The topological polar surface area (TPSA) is 21.3 Å². The van der Waals surface area contributed by atoms with Crippen molar-refractivity contribution >= 4 is 0 Å². The van der Waals surface area contributed by atoms with E-state index in [4.69, 9.17) is 4.74 Å². The van der Waals surface area contributed by atoms with Crippen LogP contribution in [0.25, 0.3) is 0 Å². The molecule has 0 bridgehead atoms. The summed E-state index contributed by atoms with van der Waals surface area (Å²) in [7, 11) is 0. The Morgan fingerprint density at radius 1 is 1.16 bits per heavy atom. The van der Waals surface area contributed by atoms with Crippen molar-refractivity contribution in [2.75, 3.05) is 13.2 Å². The molecule has 1 aromatic carbocycles. The summed E-state index contributed by atoms with van der Waals surface area (Å²) >= 11 is 0. The maximum absolute atomic E-state index is 5.85. The lowest BCUT2D eigenvalue weighted by molar-refractivity contribution is 0.280. The number of nitrogens with one attached hydrogen (secondary N) is 1. The molecule has 0 atom stereocenters. The zero-order valence-electron chi connectivity index (χ0n) is 12.6. The standard InChI is InChI=1S/C17H27NO/c1-4-17(2,3)18-11-12-19-16-10-9-14-7-5-6-8-15(14)13-16/h9-10,13,18H,4-8,11-12H2,1-3H3. The van der Waals surface area contributed by atoms with Crippen molar-refractivity contribution in [2.45, 2.75) is 58.4 Å². The molecule has 1 aromatic rings. The van der Waals surface area contributed by atoms with Gasteiger partial charge in [0.15, 0.2) is 0 Å². The van der Waals surface area contributed by atoms with Crippen molar-refractivity contribution in [3.63, 3.8) is 0 Å². The molecule has 0 saturated heterocycles. The van der Waals surface area contributed by atoms with Gasteiger partial charge in [-0.05, 0) is 69.2 Å². The van der Waals surface area contributed by atoms with Gasteiger partial charge in [-0.15, -0.1) is 0 Å². The van der Waals surface area contributed by atoms with E-state index in [-0.39, 0.29) is 5.54 Å². The van der Waals surface area contributed by atoms with Crippen LogP contribution in [0.2, 0.25) is 0 Å². The first kappa shape index (κ1) is 14.4. The number of hydrogen-bond donors (Lipinski definition) is 1. The summed E-state index contributed by atoms with van der Waals surface area (Å²) < 4.78 is 5.85. The Balaban J connectivity index is 1.80. The van der Waals surface area contributed by atoms with Gasteiger partial charge in [-0.25, -0.2) is 0 Å². The zero-order valence-corrected chi connectivity index (χ0v) is 12.6. The van der Waals surface area contributed by atoms with Gasteiger partial charge in [0.2, 0.25) is 0 Å². The first-order valence-electron chi connectivity index (χ1n) is 7.60. The first-order chi connectivity index (χ1) is 9.11. The second-order valence-corrected chi connectivity index (χ2v) is 6.15. The molecule has 2 rings (SSSR count). The van der Waals surface area contributed by atoms with E-state index >= 15 is 0 Å². The minimum absolute atomic E-state index is 0.208. The van der Waals surface area contributed by atoms with Crippen LogP contribution < -0.4 is 10.1 Å². The molecule has 1 aliphatic carbocycles. The van der Waals surface area contributed by atoms with E-state index in [1.807, 2.05) is 0 Å². The van der Waals surface area contributed by atoms with Crippen LogP contribution >= 0.6 is 0 Å². The Kier molecular flexibility index (Phi) is 4.87. The highest BCUT2D eigenvalue weighted by Gasteiger charge is 2.13. The van der Waals surface area contributed by atoms with Gasteiger partial charge < -0.3 is 10.1 Å². The Labute approximate surface area is 117 Å². The molecule has 0 heterocycles. The van der Waals surface area contributed by atoms with Crippen LogP contribution in [0.5, 0.6) is 5.75 Å². The average Bonchev–Trinajstić information content (AvgIpc) is 2.43. The maximum Gasteiger partial charge on any atom is 0.119 e. The van der Waals surface area contributed by atoms with E-state index < -0.39 is 0 Å². The number of aryl methyl sites for hydroxylation is 2. The molecule has 2 nitrogen and oxygen atoms in total. The number of ether oxygens (including phenoxy) is 1. The molecule has 0 saturated carbocycles. The third kappa shape index (κ3) is 4.24. The Hall–Kier alpha value is -1.02. The van der Waals surface area contributed by atoms with E-state index in [2.05, 4.69) is 44.3 Å². The number of fused-ring (bicyclic) bond motifs is 1. The van der Waals surface area contributed by atoms with E-state index in [0.29, 0.717) is 0 Å². The van der Waals surface area contributed by atoms with Crippen molar-refractivity contribution in [2.24, 2.45) is 0 Å². The summed E-state index contributed by atoms with van der Waals surface area (Å²) in [4.78, 5) is 0. The lowest BCUT2D eigenvalue weighted by Gasteiger charge is -2.24. The molecule has 19 heavy (non-hydrogen) atoms. The van der Waals surface area contributed by atoms with Gasteiger partial charge in [-0.3, -0.25) is 0 Å². The summed E-state index contributed by atoms with van der Waals surface area (Å²) in [5.41, 5.74) is 3.22. The molecule has 0 fully saturated rings. The van der Waals surface area contributed by atoms with Gasteiger partial charge in [-0.2, -0.15) is 0 Å². The average molecular weight is 261 g/mol. The predicted molar refractivity (Wildman–Crippen MR) is 81.0 cm³/mol. The largest absolute Gasteiger partial charge is 0.492 e. The molecule has 1 N–H and O–H groups in total. The summed E-state index contributed by atoms with van der Waals surface area (Å²) in [5, 5.41) is 3.52. The summed E-state index contributed by atoms with van der Waals surface area (Å²) in [5.74, 6) is 1.02. The second-order valence-electron chi connectivity index (χ2n) is 6.15. The molecule has 0 spiro atoms. The number of hydrogen-bond acceptors (Lipinski definition) is 2. The van der Waals surface area contributed by atoms with E-state index in [9.17, 15) is 0 Å². The van der Waals surface area contributed by atoms with Gasteiger partial charge in [0.1, 0.15) is 12.4 Å². The van der Waals surface area contributed by atoms with E-state index in [1.54, 1.807) is 0 Å². The summed E-state index contributed by atoms with van der Waals surface area (Å²) in [6, 6.07) is 6.60. The van der Waals surface area contributed by atoms with Gasteiger partial charge in [0, 0.05) is 12.1 Å². The summed E-state index contributed by atoms with van der Waals surface area (Å²) in [6.45, 7) is 8.30. The number of benzene rings is 1. The molecule has 0 amide bonds. The Morgan fingerprint density at radius 3 is 2.63 bits per heavy atom. The molecule has 0 aromatic heterocycles. The second kappa shape index (κ2) is 6.42. The van der Waals surface area contributed by atoms with Crippen LogP contribution in [0.15, 0.2) is 18.2 Å². The fourth-order valence-electron chi connectivity index (χ4n) is 2.48. The fraction of sp³-hybridized carbons (Fsp3) is 0.647. The first-order valence-corrected chi connectivity index (χ1v) is 7.60. The predicted octanol–water partition coefficient (Wildman–Crippen LogP) is 3.72. The molecule has 0 radical (unpaired) electrons. The maximum atomic E-state index is 5.85. The quantitative estimate of drug-likeness (QED) is 0.788. The molecule has 0 unspecified atom stereocenters.